The minimum atomic E-state index is -0.470. The predicted octanol–water partition coefficient (Wildman–Crippen LogP) is 4.68. The number of rotatable bonds is 11. The molecule has 0 radical (unpaired) electrons. The molecule has 0 heterocycles. The van der Waals surface area contributed by atoms with Crippen LogP contribution >= 0.6 is 0 Å². The maximum Gasteiger partial charge on any atom is 0.122 e. The van der Waals surface area contributed by atoms with Crippen LogP contribution in [-0.2, 0) is 12.8 Å². The van der Waals surface area contributed by atoms with Gasteiger partial charge in [-0.25, -0.2) is 0 Å². The summed E-state index contributed by atoms with van der Waals surface area (Å²) in [5.74, 6) is 1.49. The Hall–Kier alpha value is -1.84. The topological polar surface area (TPSA) is 32.7 Å². The number of para-hydroxylation sites is 1. The summed E-state index contributed by atoms with van der Waals surface area (Å²) in [6, 6.07) is 17.2. The quantitative estimate of drug-likeness (QED) is 0.584. The third kappa shape index (κ3) is 7.74. The van der Waals surface area contributed by atoms with Crippen LogP contribution < -0.4 is 4.74 Å². The normalized spacial score (nSPS) is 12.6. The summed E-state index contributed by atoms with van der Waals surface area (Å²) < 4.78 is 5.87. The molecular weight excluding hydrogens is 334 g/mol. The Morgan fingerprint density at radius 1 is 0.926 bits per heavy atom. The summed E-state index contributed by atoms with van der Waals surface area (Å²) >= 11 is 0. The molecular formula is C24H35NO2. The molecule has 27 heavy (non-hydrogen) atoms. The molecule has 1 N–H and O–H groups in total. The molecule has 0 amide bonds. The first-order valence-corrected chi connectivity index (χ1v) is 10.1. The Labute approximate surface area is 165 Å². The SMILES string of the molecule is CC(C)c1ccc(CCCCc2ccccc2OCC(O)CN(C)C)cc1. The zero-order chi connectivity index (χ0) is 19.6. The summed E-state index contributed by atoms with van der Waals surface area (Å²) in [5.41, 5.74) is 4.04. The predicted molar refractivity (Wildman–Crippen MR) is 114 cm³/mol. The van der Waals surface area contributed by atoms with Gasteiger partial charge in [0.1, 0.15) is 18.5 Å². The van der Waals surface area contributed by atoms with E-state index in [1.54, 1.807) is 0 Å². The van der Waals surface area contributed by atoms with Crippen LogP contribution in [-0.4, -0.2) is 43.4 Å². The smallest absolute Gasteiger partial charge is 0.122 e. The molecule has 3 nitrogen and oxygen atoms in total. The lowest BCUT2D eigenvalue weighted by Gasteiger charge is -2.18. The van der Waals surface area contributed by atoms with Gasteiger partial charge in [0.2, 0.25) is 0 Å². The van der Waals surface area contributed by atoms with Gasteiger partial charge >= 0.3 is 0 Å². The molecule has 2 aromatic carbocycles. The average molecular weight is 370 g/mol. The summed E-state index contributed by atoms with van der Waals surface area (Å²) in [5, 5.41) is 10.00. The fourth-order valence-electron chi connectivity index (χ4n) is 3.23. The van der Waals surface area contributed by atoms with Gasteiger partial charge in [-0.15, -0.1) is 0 Å². The summed E-state index contributed by atoms with van der Waals surface area (Å²) in [4.78, 5) is 1.97. The third-order valence-corrected chi connectivity index (χ3v) is 4.79. The highest BCUT2D eigenvalue weighted by atomic mass is 16.5. The van der Waals surface area contributed by atoms with Crippen LogP contribution in [0.4, 0.5) is 0 Å². The molecule has 0 aliphatic carbocycles. The first-order chi connectivity index (χ1) is 13.0. The summed E-state index contributed by atoms with van der Waals surface area (Å²) in [6.07, 6.45) is 3.94. The second kappa shape index (κ2) is 11.1. The zero-order valence-electron chi connectivity index (χ0n) is 17.3. The van der Waals surface area contributed by atoms with E-state index in [0.717, 1.165) is 25.0 Å². The molecule has 0 aliphatic rings. The average Bonchev–Trinajstić information content (AvgIpc) is 2.64. The fraction of sp³-hybridized carbons (Fsp3) is 0.500. The van der Waals surface area contributed by atoms with E-state index >= 15 is 0 Å². The van der Waals surface area contributed by atoms with Crippen molar-refractivity contribution in [2.45, 2.75) is 51.6 Å². The van der Waals surface area contributed by atoms with Crippen LogP contribution in [0.25, 0.3) is 0 Å². The second-order valence-corrected chi connectivity index (χ2v) is 7.94. The van der Waals surface area contributed by atoms with Crippen LogP contribution in [0.1, 0.15) is 49.3 Å². The number of likely N-dealkylation sites (N-methyl/N-ethyl adjacent to an activating group) is 1. The minimum absolute atomic E-state index is 0.331. The van der Waals surface area contributed by atoms with Crippen molar-refractivity contribution in [3.05, 3.63) is 65.2 Å². The number of ether oxygens (including phenoxy) is 1. The molecule has 2 aromatic rings. The van der Waals surface area contributed by atoms with Crippen molar-refractivity contribution < 1.29 is 9.84 Å². The van der Waals surface area contributed by atoms with Crippen molar-refractivity contribution in [3.63, 3.8) is 0 Å². The monoisotopic (exact) mass is 369 g/mol. The Morgan fingerprint density at radius 2 is 1.59 bits per heavy atom. The molecule has 1 atom stereocenters. The highest BCUT2D eigenvalue weighted by molar-refractivity contribution is 5.33. The maximum atomic E-state index is 10.00. The van der Waals surface area contributed by atoms with Gasteiger partial charge in [-0.2, -0.15) is 0 Å². The van der Waals surface area contributed by atoms with E-state index in [-0.39, 0.29) is 0 Å². The Morgan fingerprint density at radius 3 is 2.26 bits per heavy atom. The molecule has 0 aliphatic heterocycles. The highest BCUT2D eigenvalue weighted by Crippen LogP contribution is 2.21. The van der Waals surface area contributed by atoms with Crippen LogP contribution in [0.2, 0.25) is 0 Å². The molecule has 0 saturated carbocycles. The van der Waals surface area contributed by atoms with Crippen molar-refractivity contribution in [3.8, 4) is 5.75 Å². The van der Waals surface area contributed by atoms with Gasteiger partial charge in [-0.05, 0) is 68.5 Å². The molecule has 0 bridgehead atoms. The fourth-order valence-corrected chi connectivity index (χ4v) is 3.23. The lowest BCUT2D eigenvalue weighted by Crippen LogP contribution is -2.30. The van der Waals surface area contributed by atoms with E-state index in [4.69, 9.17) is 4.74 Å². The number of hydrogen-bond acceptors (Lipinski definition) is 3. The Bertz CT molecular complexity index is 664. The van der Waals surface area contributed by atoms with Crippen molar-refractivity contribution in [1.82, 2.24) is 4.90 Å². The van der Waals surface area contributed by atoms with Crippen LogP contribution in [0.3, 0.4) is 0 Å². The summed E-state index contributed by atoms with van der Waals surface area (Å²) in [6.45, 7) is 5.40. The van der Waals surface area contributed by atoms with Gasteiger partial charge in [-0.1, -0.05) is 56.3 Å². The van der Waals surface area contributed by atoms with Crippen LogP contribution in [0.5, 0.6) is 5.75 Å². The molecule has 0 fully saturated rings. The number of unbranched alkanes of at least 4 members (excludes halogenated alkanes) is 1. The van der Waals surface area contributed by atoms with E-state index < -0.39 is 6.10 Å². The molecule has 0 aromatic heterocycles. The number of aryl methyl sites for hydroxylation is 2. The van der Waals surface area contributed by atoms with Gasteiger partial charge in [0.25, 0.3) is 0 Å². The van der Waals surface area contributed by atoms with E-state index in [9.17, 15) is 5.11 Å². The van der Waals surface area contributed by atoms with Crippen molar-refractivity contribution in [2.24, 2.45) is 0 Å². The summed E-state index contributed by atoms with van der Waals surface area (Å²) in [7, 11) is 3.90. The minimum Gasteiger partial charge on any atom is -0.491 e. The number of benzene rings is 2. The lowest BCUT2D eigenvalue weighted by molar-refractivity contribution is 0.0827. The molecule has 1 unspecified atom stereocenters. The third-order valence-electron chi connectivity index (χ3n) is 4.79. The second-order valence-electron chi connectivity index (χ2n) is 7.94. The first kappa shape index (κ1) is 21.5. The number of aliphatic hydroxyl groups excluding tert-OH is 1. The van der Waals surface area contributed by atoms with Crippen molar-refractivity contribution in [1.29, 1.82) is 0 Å². The number of hydrogen-bond donors (Lipinski definition) is 1. The standard InChI is InChI=1S/C24H35NO2/c1-19(2)21-15-13-20(14-16-21)9-5-6-10-22-11-7-8-12-24(22)27-18-23(26)17-25(3)4/h7-8,11-16,19,23,26H,5-6,9-10,17-18H2,1-4H3. The van der Waals surface area contributed by atoms with Crippen molar-refractivity contribution >= 4 is 0 Å². The van der Waals surface area contributed by atoms with Crippen LogP contribution in [0.15, 0.2) is 48.5 Å². The maximum absolute atomic E-state index is 10.00. The molecule has 0 saturated heterocycles. The van der Waals surface area contributed by atoms with Crippen LogP contribution in [0, 0.1) is 0 Å². The number of nitrogens with zero attached hydrogens (tertiary/aromatic N) is 1. The van der Waals surface area contributed by atoms with E-state index in [1.807, 2.05) is 31.1 Å². The number of aliphatic hydroxyl groups is 1. The van der Waals surface area contributed by atoms with Gasteiger partial charge in [0.15, 0.2) is 0 Å². The Balaban J connectivity index is 1.78. The molecule has 3 heteroatoms. The molecule has 2 rings (SSSR count). The van der Waals surface area contributed by atoms with E-state index in [1.165, 1.54) is 23.1 Å². The van der Waals surface area contributed by atoms with E-state index in [2.05, 4.69) is 50.2 Å². The van der Waals surface area contributed by atoms with E-state index in [0.29, 0.717) is 19.1 Å². The van der Waals surface area contributed by atoms with Gasteiger partial charge in [0, 0.05) is 6.54 Å². The zero-order valence-corrected chi connectivity index (χ0v) is 17.3. The lowest BCUT2D eigenvalue weighted by atomic mass is 9.99. The first-order valence-electron chi connectivity index (χ1n) is 10.1. The van der Waals surface area contributed by atoms with Gasteiger partial charge in [0.05, 0.1) is 0 Å². The molecule has 0 spiro atoms. The van der Waals surface area contributed by atoms with Crippen molar-refractivity contribution in [2.75, 3.05) is 27.2 Å². The Kier molecular flexibility index (Phi) is 8.83. The largest absolute Gasteiger partial charge is 0.491 e. The molecule has 148 valence electrons. The van der Waals surface area contributed by atoms with Gasteiger partial charge < -0.3 is 14.7 Å². The van der Waals surface area contributed by atoms with Gasteiger partial charge in [-0.3, -0.25) is 0 Å². The highest BCUT2D eigenvalue weighted by Gasteiger charge is 2.09.